The molecule has 0 amide bonds. The van der Waals surface area contributed by atoms with Crippen molar-refractivity contribution in [1.82, 2.24) is 9.97 Å². The third kappa shape index (κ3) is 7.82. The molecule has 0 unspecified atom stereocenters. The highest BCUT2D eigenvalue weighted by molar-refractivity contribution is 5.85. The Balaban J connectivity index is 0.896. The third-order valence-electron chi connectivity index (χ3n) is 13.1. The zero-order chi connectivity index (χ0) is 39.9. The van der Waals surface area contributed by atoms with Gasteiger partial charge < -0.3 is 0 Å². The van der Waals surface area contributed by atoms with Crippen molar-refractivity contribution in [2.75, 3.05) is 0 Å². The molecule has 2 heteroatoms. The number of nitrogens with zero attached hydrogens (tertiary/aromatic N) is 2. The molecule has 0 aliphatic heterocycles. The summed E-state index contributed by atoms with van der Waals surface area (Å²) in [5.41, 5.74) is 20.5. The van der Waals surface area contributed by atoms with Gasteiger partial charge in [0.25, 0.3) is 0 Å². The van der Waals surface area contributed by atoms with Crippen LogP contribution in [0.15, 0.2) is 146 Å². The second-order valence-electron chi connectivity index (χ2n) is 18.5. The van der Waals surface area contributed by atoms with Crippen LogP contribution in [0.1, 0.15) is 106 Å². The van der Waals surface area contributed by atoms with Gasteiger partial charge >= 0.3 is 0 Å². The van der Waals surface area contributed by atoms with Gasteiger partial charge in [-0.2, -0.15) is 0 Å². The van der Waals surface area contributed by atoms with Gasteiger partial charge in [-0.05, 0) is 135 Å². The second kappa shape index (κ2) is 15.6. The van der Waals surface area contributed by atoms with E-state index in [1.807, 2.05) is 6.20 Å². The molecular weight excluding hydrogens is 701 g/mol. The lowest BCUT2D eigenvalue weighted by Gasteiger charge is -2.22. The topological polar surface area (TPSA) is 25.8 Å². The van der Waals surface area contributed by atoms with Crippen LogP contribution in [0.5, 0.6) is 0 Å². The summed E-state index contributed by atoms with van der Waals surface area (Å²) in [5.74, 6) is 0.724. The van der Waals surface area contributed by atoms with Gasteiger partial charge in [0.2, 0.25) is 0 Å². The second-order valence-corrected chi connectivity index (χ2v) is 18.5. The maximum atomic E-state index is 4.92. The van der Waals surface area contributed by atoms with Gasteiger partial charge in [0.1, 0.15) is 0 Å². The summed E-state index contributed by atoms with van der Waals surface area (Å²) in [4.78, 5) is 9.71. The molecule has 7 aromatic rings. The molecule has 0 bridgehead atoms. The van der Waals surface area contributed by atoms with Crippen molar-refractivity contribution in [3.63, 3.8) is 0 Å². The molecule has 2 heterocycles. The lowest BCUT2D eigenvalue weighted by Crippen LogP contribution is -2.17. The molecule has 58 heavy (non-hydrogen) atoms. The maximum absolute atomic E-state index is 4.92. The van der Waals surface area contributed by atoms with Crippen LogP contribution >= 0.6 is 0 Å². The van der Waals surface area contributed by atoms with Crippen LogP contribution in [-0.4, -0.2) is 9.97 Å². The van der Waals surface area contributed by atoms with Gasteiger partial charge in [0.05, 0.1) is 11.4 Å². The van der Waals surface area contributed by atoms with E-state index in [-0.39, 0.29) is 10.8 Å². The van der Waals surface area contributed by atoms with Crippen LogP contribution in [0.25, 0.3) is 55.9 Å². The zero-order valence-electron chi connectivity index (χ0n) is 35.0. The van der Waals surface area contributed by atoms with Crippen LogP contribution < -0.4 is 0 Å². The minimum absolute atomic E-state index is 0.168. The SMILES string of the molecule is Cc1cc(CCc2ccc(-c3cc4c(cn3)C(C)(C)CC4(C)C)cc2)cc(-c2ccccc2-c2ccc(-c3cc(-c4ccc(C5CCCCC5)cc4)ccn3)cc2)c1. The minimum atomic E-state index is 0.168. The summed E-state index contributed by atoms with van der Waals surface area (Å²) in [6.45, 7) is 11.7. The monoisotopic (exact) mass is 756 g/mol. The van der Waals surface area contributed by atoms with E-state index >= 15 is 0 Å². The van der Waals surface area contributed by atoms with Gasteiger partial charge in [-0.25, -0.2) is 0 Å². The summed E-state index contributed by atoms with van der Waals surface area (Å²) in [7, 11) is 0. The molecule has 0 radical (unpaired) electrons. The number of hydrogen-bond acceptors (Lipinski definition) is 2. The summed E-state index contributed by atoms with van der Waals surface area (Å²) < 4.78 is 0. The van der Waals surface area contributed by atoms with Crippen molar-refractivity contribution in [3.8, 4) is 55.9 Å². The molecule has 2 aliphatic carbocycles. The Hall–Kier alpha value is -5.60. The highest BCUT2D eigenvalue weighted by Crippen LogP contribution is 2.49. The molecule has 9 rings (SSSR count). The summed E-state index contributed by atoms with van der Waals surface area (Å²) >= 11 is 0. The van der Waals surface area contributed by atoms with E-state index in [0.29, 0.717) is 0 Å². The van der Waals surface area contributed by atoms with E-state index in [1.54, 1.807) is 0 Å². The Morgan fingerprint density at radius 2 is 1.10 bits per heavy atom. The number of aromatic nitrogens is 2. The normalized spacial score (nSPS) is 15.9. The predicted molar refractivity (Wildman–Crippen MR) is 244 cm³/mol. The van der Waals surface area contributed by atoms with Gasteiger partial charge in [-0.1, -0.05) is 168 Å². The molecular formula is C56H56N2. The first-order valence-corrected chi connectivity index (χ1v) is 21.6. The first-order chi connectivity index (χ1) is 28.1. The highest BCUT2D eigenvalue weighted by Gasteiger charge is 2.42. The largest absolute Gasteiger partial charge is 0.256 e. The fourth-order valence-corrected chi connectivity index (χ4v) is 10.3. The van der Waals surface area contributed by atoms with E-state index in [2.05, 4.69) is 174 Å². The minimum Gasteiger partial charge on any atom is -0.256 e. The average molecular weight is 757 g/mol. The van der Waals surface area contributed by atoms with E-state index in [1.165, 1.54) is 104 Å². The standard InChI is InChI=1S/C56H56N2/c1-38-31-40(16-15-39-17-19-45(20-18-39)54-35-51-52(36-58-54)56(4,5)37-55(51,2)3)33-48(32-38)50-14-10-9-13-49(50)44-25-27-46(28-26-44)53-34-47(29-30-57-53)43-23-21-42(22-24-43)41-11-7-6-8-12-41/h9-10,13-14,17-36,41H,6-8,11-12,15-16,37H2,1-5H3. The molecule has 0 spiro atoms. The third-order valence-corrected chi connectivity index (χ3v) is 13.1. The fourth-order valence-electron chi connectivity index (χ4n) is 10.3. The quantitative estimate of drug-likeness (QED) is 0.147. The zero-order valence-corrected chi connectivity index (χ0v) is 35.0. The van der Waals surface area contributed by atoms with E-state index in [4.69, 9.17) is 9.97 Å². The Kier molecular flexibility index (Phi) is 10.2. The highest BCUT2D eigenvalue weighted by atomic mass is 14.7. The molecule has 5 aromatic carbocycles. The van der Waals surface area contributed by atoms with Crippen molar-refractivity contribution in [2.45, 2.75) is 103 Å². The van der Waals surface area contributed by atoms with Crippen LogP contribution in [0.2, 0.25) is 0 Å². The Morgan fingerprint density at radius 3 is 1.83 bits per heavy atom. The predicted octanol–water partition coefficient (Wildman–Crippen LogP) is 14.9. The number of rotatable bonds is 9. The Labute approximate surface area is 346 Å². The Morgan fingerprint density at radius 1 is 0.500 bits per heavy atom. The summed E-state index contributed by atoms with van der Waals surface area (Å²) in [6, 6.07) is 49.9. The van der Waals surface area contributed by atoms with Crippen molar-refractivity contribution < 1.29 is 0 Å². The summed E-state index contributed by atoms with van der Waals surface area (Å²) in [6.07, 6.45) is 14.0. The van der Waals surface area contributed by atoms with Gasteiger partial charge in [0.15, 0.2) is 0 Å². The van der Waals surface area contributed by atoms with Gasteiger partial charge in [-0.3, -0.25) is 9.97 Å². The van der Waals surface area contributed by atoms with Crippen molar-refractivity contribution in [2.24, 2.45) is 0 Å². The van der Waals surface area contributed by atoms with Crippen LogP contribution in [0, 0.1) is 6.92 Å². The van der Waals surface area contributed by atoms with Crippen molar-refractivity contribution in [3.05, 3.63) is 179 Å². The van der Waals surface area contributed by atoms with E-state index in [0.717, 1.165) is 42.1 Å². The molecule has 2 aliphatic rings. The molecule has 2 aromatic heterocycles. The Bertz CT molecular complexity index is 2550. The lowest BCUT2D eigenvalue weighted by molar-refractivity contribution is 0.403. The molecule has 0 atom stereocenters. The molecule has 2 nitrogen and oxygen atoms in total. The average Bonchev–Trinajstić information content (AvgIpc) is 3.45. The van der Waals surface area contributed by atoms with Crippen LogP contribution in [0.3, 0.4) is 0 Å². The van der Waals surface area contributed by atoms with Crippen molar-refractivity contribution >= 4 is 0 Å². The first kappa shape index (κ1) is 37.9. The lowest BCUT2D eigenvalue weighted by atomic mass is 9.82. The number of hydrogen-bond donors (Lipinski definition) is 0. The number of fused-ring (bicyclic) bond motifs is 1. The first-order valence-electron chi connectivity index (χ1n) is 21.6. The van der Waals surface area contributed by atoms with Crippen LogP contribution in [0.4, 0.5) is 0 Å². The number of pyridine rings is 2. The van der Waals surface area contributed by atoms with Crippen molar-refractivity contribution in [1.29, 1.82) is 0 Å². The van der Waals surface area contributed by atoms with Gasteiger partial charge in [-0.15, -0.1) is 0 Å². The molecule has 290 valence electrons. The number of benzene rings is 5. The smallest absolute Gasteiger partial charge is 0.0708 e. The molecule has 1 fully saturated rings. The maximum Gasteiger partial charge on any atom is 0.0708 e. The molecule has 1 saturated carbocycles. The van der Waals surface area contributed by atoms with Gasteiger partial charge in [0, 0.05) is 23.5 Å². The fraction of sp³-hybridized carbons (Fsp3) is 0.286. The summed E-state index contributed by atoms with van der Waals surface area (Å²) in [5, 5.41) is 0. The van der Waals surface area contributed by atoms with E-state index < -0.39 is 0 Å². The van der Waals surface area contributed by atoms with E-state index in [9.17, 15) is 0 Å². The van der Waals surface area contributed by atoms with Crippen LogP contribution in [-0.2, 0) is 23.7 Å². The number of aryl methyl sites for hydroxylation is 3. The molecule has 0 saturated heterocycles. The molecule has 0 N–H and O–H groups in total.